The van der Waals surface area contributed by atoms with Crippen molar-refractivity contribution in [1.82, 2.24) is 9.21 Å². The monoisotopic (exact) mass is 311 g/mol. The first-order valence-electron chi connectivity index (χ1n) is 7.38. The summed E-state index contributed by atoms with van der Waals surface area (Å²) in [6.07, 6.45) is 2.42. The van der Waals surface area contributed by atoms with Gasteiger partial charge in [-0.15, -0.1) is 0 Å². The number of hydrogen-bond acceptors (Lipinski definition) is 4. The van der Waals surface area contributed by atoms with Gasteiger partial charge in [-0.2, -0.15) is 4.31 Å². The van der Waals surface area contributed by atoms with Gasteiger partial charge < -0.3 is 10.6 Å². The number of likely N-dealkylation sites (tertiary alicyclic amines) is 1. The van der Waals surface area contributed by atoms with Crippen LogP contribution in [0.1, 0.15) is 24.0 Å². The molecule has 6 heteroatoms. The average molecular weight is 311 g/mol. The molecule has 1 aliphatic rings. The number of aryl methyl sites for hydroxylation is 1. The number of nitrogen functional groups attached to an aromatic ring is 1. The molecule has 1 fully saturated rings. The molecule has 2 N–H and O–H groups in total. The fourth-order valence-corrected chi connectivity index (χ4v) is 3.87. The van der Waals surface area contributed by atoms with Crippen LogP contribution < -0.4 is 5.73 Å². The first-order valence-corrected chi connectivity index (χ1v) is 8.82. The summed E-state index contributed by atoms with van der Waals surface area (Å²) in [5.74, 6) is 0. The highest BCUT2D eigenvalue weighted by molar-refractivity contribution is 7.89. The molecule has 1 heterocycles. The first kappa shape index (κ1) is 16.3. The van der Waals surface area contributed by atoms with Gasteiger partial charge in [0.2, 0.25) is 10.0 Å². The fourth-order valence-electron chi connectivity index (χ4n) is 2.59. The number of hydrogen-bond donors (Lipinski definition) is 1. The molecule has 0 aliphatic carbocycles. The van der Waals surface area contributed by atoms with Gasteiger partial charge in [-0.3, -0.25) is 0 Å². The van der Waals surface area contributed by atoms with Crippen molar-refractivity contribution in [3.05, 3.63) is 23.3 Å². The molecule has 1 aromatic rings. The normalized spacial score (nSPS) is 16.8. The van der Waals surface area contributed by atoms with E-state index in [4.69, 9.17) is 5.73 Å². The molecular weight excluding hydrogens is 286 g/mol. The lowest BCUT2D eigenvalue weighted by molar-refractivity contribution is 0.310. The van der Waals surface area contributed by atoms with Gasteiger partial charge in [0.25, 0.3) is 0 Å². The van der Waals surface area contributed by atoms with Crippen LogP contribution in [-0.2, 0) is 10.0 Å². The third-order valence-corrected chi connectivity index (χ3v) is 6.15. The lowest BCUT2D eigenvalue weighted by Crippen LogP contribution is -2.35. The lowest BCUT2D eigenvalue weighted by Gasteiger charge is -2.22. The number of likely N-dealkylation sites (N-methyl/N-ethyl adjacent to an activating group) is 1. The predicted octanol–water partition coefficient (Wildman–Crippen LogP) is 1.60. The molecule has 0 unspecified atom stereocenters. The third kappa shape index (κ3) is 3.56. The van der Waals surface area contributed by atoms with Gasteiger partial charge in [0.15, 0.2) is 0 Å². The quantitative estimate of drug-likeness (QED) is 0.839. The van der Waals surface area contributed by atoms with E-state index in [-0.39, 0.29) is 4.90 Å². The Morgan fingerprint density at radius 1 is 1.24 bits per heavy atom. The van der Waals surface area contributed by atoms with Crippen LogP contribution in [0, 0.1) is 13.8 Å². The summed E-state index contributed by atoms with van der Waals surface area (Å²) in [7, 11) is -1.83. The van der Waals surface area contributed by atoms with Crippen molar-refractivity contribution in [2.45, 2.75) is 31.6 Å². The zero-order chi connectivity index (χ0) is 15.6. The van der Waals surface area contributed by atoms with Crippen LogP contribution in [0.4, 0.5) is 5.69 Å². The number of nitrogens with two attached hydrogens (primary N) is 1. The Kier molecular flexibility index (Phi) is 4.91. The van der Waals surface area contributed by atoms with Gasteiger partial charge in [0.05, 0.1) is 4.90 Å². The Bertz CT molecular complexity index is 584. The highest BCUT2D eigenvalue weighted by Crippen LogP contribution is 2.23. The Balaban J connectivity index is 2.12. The second-order valence-corrected chi connectivity index (χ2v) is 7.87. The molecule has 118 valence electrons. The number of benzene rings is 1. The second kappa shape index (κ2) is 6.34. The van der Waals surface area contributed by atoms with Crippen LogP contribution >= 0.6 is 0 Å². The largest absolute Gasteiger partial charge is 0.398 e. The summed E-state index contributed by atoms with van der Waals surface area (Å²) in [5.41, 5.74) is 8.27. The topological polar surface area (TPSA) is 66.6 Å². The van der Waals surface area contributed by atoms with E-state index in [2.05, 4.69) is 4.90 Å². The third-order valence-electron chi connectivity index (χ3n) is 4.32. The van der Waals surface area contributed by atoms with Crippen LogP contribution in [0.15, 0.2) is 17.0 Å². The maximum Gasteiger partial charge on any atom is 0.242 e. The van der Waals surface area contributed by atoms with E-state index >= 15 is 0 Å². The Morgan fingerprint density at radius 2 is 1.86 bits per heavy atom. The molecule has 1 aromatic carbocycles. The van der Waals surface area contributed by atoms with Crippen LogP contribution in [0.5, 0.6) is 0 Å². The van der Waals surface area contributed by atoms with Crippen molar-refractivity contribution in [2.75, 3.05) is 39.0 Å². The lowest BCUT2D eigenvalue weighted by atomic mass is 10.1. The highest BCUT2D eigenvalue weighted by Gasteiger charge is 2.23. The summed E-state index contributed by atoms with van der Waals surface area (Å²) in [6, 6.07) is 3.26. The molecule has 0 radical (unpaired) electrons. The van der Waals surface area contributed by atoms with Gasteiger partial charge in [0, 0.05) is 25.8 Å². The van der Waals surface area contributed by atoms with E-state index < -0.39 is 10.0 Å². The Morgan fingerprint density at radius 3 is 2.43 bits per heavy atom. The number of sulfonamides is 1. The van der Waals surface area contributed by atoms with Crippen molar-refractivity contribution >= 4 is 15.7 Å². The Hall–Kier alpha value is -1.11. The summed E-state index contributed by atoms with van der Waals surface area (Å²) in [4.78, 5) is 2.59. The zero-order valence-corrected chi connectivity index (χ0v) is 13.9. The molecule has 1 aliphatic heterocycles. The second-order valence-electron chi connectivity index (χ2n) is 5.83. The van der Waals surface area contributed by atoms with Crippen molar-refractivity contribution in [3.63, 3.8) is 0 Å². The molecule has 21 heavy (non-hydrogen) atoms. The molecule has 0 saturated carbocycles. The molecule has 0 amide bonds. The van der Waals surface area contributed by atoms with Crippen LogP contribution in [0.2, 0.25) is 0 Å². The summed E-state index contributed by atoms with van der Waals surface area (Å²) in [5, 5.41) is 0. The van der Waals surface area contributed by atoms with Crippen molar-refractivity contribution in [2.24, 2.45) is 0 Å². The molecule has 0 atom stereocenters. The molecule has 1 saturated heterocycles. The summed E-state index contributed by atoms with van der Waals surface area (Å²) in [6.45, 7) is 7.23. The average Bonchev–Trinajstić information content (AvgIpc) is 2.94. The predicted molar refractivity (Wildman–Crippen MR) is 85.8 cm³/mol. The van der Waals surface area contributed by atoms with Crippen LogP contribution in [0.25, 0.3) is 0 Å². The smallest absolute Gasteiger partial charge is 0.242 e. The molecule has 2 rings (SSSR count). The fraction of sp³-hybridized carbons (Fsp3) is 0.600. The van der Waals surface area contributed by atoms with Crippen LogP contribution in [-0.4, -0.2) is 50.8 Å². The minimum atomic E-state index is -3.47. The van der Waals surface area contributed by atoms with E-state index in [1.807, 2.05) is 13.8 Å². The van der Waals surface area contributed by atoms with E-state index in [9.17, 15) is 8.42 Å². The molecule has 0 spiro atoms. The van der Waals surface area contributed by atoms with Crippen molar-refractivity contribution in [1.29, 1.82) is 0 Å². The number of rotatable bonds is 5. The van der Waals surface area contributed by atoms with Gasteiger partial charge >= 0.3 is 0 Å². The number of anilines is 1. The van der Waals surface area contributed by atoms with Gasteiger partial charge in [-0.25, -0.2) is 8.42 Å². The maximum absolute atomic E-state index is 12.6. The first-order chi connectivity index (χ1) is 9.82. The van der Waals surface area contributed by atoms with Crippen LogP contribution in [0.3, 0.4) is 0 Å². The van der Waals surface area contributed by atoms with E-state index in [1.54, 1.807) is 19.2 Å². The summed E-state index contributed by atoms with van der Waals surface area (Å²) >= 11 is 0. The molecule has 0 bridgehead atoms. The SMILES string of the molecule is Cc1cc(S(=O)(=O)N(C)CCN2CCCC2)cc(N)c1C. The van der Waals surface area contributed by atoms with Gasteiger partial charge in [-0.1, -0.05) is 0 Å². The molecular formula is C15H25N3O2S. The van der Waals surface area contributed by atoms with E-state index in [0.29, 0.717) is 12.2 Å². The van der Waals surface area contributed by atoms with Gasteiger partial charge in [0.1, 0.15) is 0 Å². The van der Waals surface area contributed by atoms with Crippen molar-refractivity contribution in [3.8, 4) is 0 Å². The minimum absolute atomic E-state index is 0.284. The number of nitrogens with zero attached hydrogens (tertiary/aromatic N) is 2. The molecule has 0 aromatic heterocycles. The zero-order valence-electron chi connectivity index (χ0n) is 13.1. The van der Waals surface area contributed by atoms with E-state index in [1.165, 1.54) is 17.1 Å². The summed E-state index contributed by atoms with van der Waals surface area (Å²) < 4.78 is 26.6. The molecule has 5 nitrogen and oxygen atoms in total. The highest BCUT2D eigenvalue weighted by atomic mass is 32.2. The van der Waals surface area contributed by atoms with E-state index in [0.717, 1.165) is 30.8 Å². The van der Waals surface area contributed by atoms with Crippen molar-refractivity contribution < 1.29 is 8.42 Å². The maximum atomic E-state index is 12.6. The standard InChI is InChI=1S/C15H25N3O2S/c1-12-10-14(11-15(16)13(12)2)21(19,20)17(3)8-9-18-6-4-5-7-18/h10-11H,4-9,16H2,1-3H3. The Labute approximate surface area is 127 Å². The van der Waals surface area contributed by atoms with Gasteiger partial charge in [-0.05, 0) is 63.0 Å². The minimum Gasteiger partial charge on any atom is -0.398 e.